The second-order valence-corrected chi connectivity index (χ2v) is 3.84. The zero-order chi connectivity index (χ0) is 11.3. The third kappa shape index (κ3) is 4.66. The van der Waals surface area contributed by atoms with E-state index < -0.39 is 0 Å². The molecule has 1 aromatic carbocycles. The SMILES string of the molecule is CC(=O)NC(C)/C=C/c1ccc(Cl)cc1. The highest BCUT2D eigenvalue weighted by Crippen LogP contribution is 2.10. The maximum absolute atomic E-state index is 10.7. The Morgan fingerprint density at radius 2 is 2.00 bits per heavy atom. The Morgan fingerprint density at radius 1 is 1.40 bits per heavy atom. The Bertz CT molecular complexity index is 356. The van der Waals surface area contributed by atoms with Crippen LogP contribution in [0.15, 0.2) is 30.3 Å². The third-order valence-electron chi connectivity index (χ3n) is 1.88. The maximum atomic E-state index is 10.7. The van der Waals surface area contributed by atoms with Gasteiger partial charge in [-0.05, 0) is 24.6 Å². The number of nitrogens with one attached hydrogen (secondary N) is 1. The first-order chi connectivity index (χ1) is 7.08. The molecule has 0 saturated carbocycles. The van der Waals surface area contributed by atoms with E-state index in [4.69, 9.17) is 11.6 Å². The van der Waals surface area contributed by atoms with Crippen molar-refractivity contribution in [3.05, 3.63) is 40.9 Å². The highest BCUT2D eigenvalue weighted by atomic mass is 35.5. The third-order valence-corrected chi connectivity index (χ3v) is 2.13. The summed E-state index contributed by atoms with van der Waals surface area (Å²) in [4.78, 5) is 10.7. The molecule has 1 amide bonds. The summed E-state index contributed by atoms with van der Waals surface area (Å²) in [7, 11) is 0. The zero-order valence-electron chi connectivity index (χ0n) is 8.83. The van der Waals surface area contributed by atoms with Gasteiger partial charge in [-0.15, -0.1) is 0 Å². The van der Waals surface area contributed by atoms with Crippen LogP contribution in [-0.2, 0) is 4.79 Å². The van der Waals surface area contributed by atoms with Crippen LogP contribution >= 0.6 is 11.6 Å². The number of rotatable bonds is 3. The van der Waals surface area contributed by atoms with Gasteiger partial charge in [0.05, 0.1) is 0 Å². The molecule has 1 unspecified atom stereocenters. The summed E-state index contributed by atoms with van der Waals surface area (Å²) in [5.74, 6) is -0.0248. The van der Waals surface area contributed by atoms with Gasteiger partial charge >= 0.3 is 0 Å². The molecule has 0 aliphatic carbocycles. The predicted molar refractivity (Wildman–Crippen MR) is 63.8 cm³/mol. The molecular formula is C12H14ClNO. The number of hydrogen-bond donors (Lipinski definition) is 1. The normalized spacial score (nSPS) is 12.7. The lowest BCUT2D eigenvalue weighted by Gasteiger charge is -2.06. The number of hydrogen-bond acceptors (Lipinski definition) is 1. The van der Waals surface area contributed by atoms with Gasteiger partial charge in [-0.25, -0.2) is 0 Å². The van der Waals surface area contributed by atoms with Crippen molar-refractivity contribution in [3.8, 4) is 0 Å². The summed E-state index contributed by atoms with van der Waals surface area (Å²) in [5.41, 5.74) is 1.07. The average molecular weight is 224 g/mol. The molecule has 0 aromatic heterocycles. The lowest BCUT2D eigenvalue weighted by atomic mass is 10.2. The maximum Gasteiger partial charge on any atom is 0.217 e. The van der Waals surface area contributed by atoms with Crippen molar-refractivity contribution >= 4 is 23.6 Å². The first-order valence-electron chi connectivity index (χ1n) is 4.79. The van der Waals surface area contributed by atoms with Crippen molar-refractivity contribution in [1.29, 1.82) is 0 Å². The fraction of sp³-hybridized carbons (Fsp3) is 0.250. The molecule has 0 radical (unpaired) electrons. The number of amides is 1. The van der Waals surface area contributed by atoms with E-state index in [0.29, 0.717) is 0 Å². The molecule has 1 N–H and O–H groups in total. The monoisotopic (exact) mass is 223 g/mol. The molecule has 0 heterocycles. The number of halogens is 1. The van der Waals surface area contributed by atoms with Crippen LogP contribution in [0.1, 0.15) is 19.4 Å². The molecule has 0 aliphatic heterocycles. The van der Waals surface area contributed by atoms with E-state index in [1.165, 1.54) is 6.92 Å². The average Bonchev–Trinajstić information content (AvgIpc) is 2.16. The summed E-state index contributed by atoms with van der Waals surface area (Å²) in [6.07, 6.45) is 3.89. The molecule has 2 nitrogen and oxygen atoms in total. The molecule has 1 aromatic rings. The van der Waals surface area contributed by atoms with Crippen LogP contribution in [0, 0.1) is 0 Å². The van der Waals surface area contributed by atoms with Gasteiger partial charge in [-0.2, -0.15) is 0 Å². The van der Waals surface area contributed by atoms with E-state index in [-0.39, 0.29) is 11.9 Å². The Morgan fingerprint density at radius 3 is 2.53 bits per heavy atom. The molecule has 80 valence electrons. The Hall–Kier alpha value is -1.28. The molecular weight excluding hydrogens is 210 g/mol. The summed E-state index contributed by atoms with van der Waals surface area (Å²) in [6.45, 7) is 3.43. The van der Waals surface area contributed by atoms with Crippen molar-refractivity contribution in [2.45, 2.75) is 19.9 Å². The number of benzene rings is 1. The van der Waals surface area contributed by atoms with Crippen LogP contribution in [0.25, 0.3) is 6.08 Å². The highest BCUT2D eigenvalue weighted by molar-refractivity contribution is 6.30. The van der Waals surface area contributed by atoms with Crippen molar-refractivity contribution in [2.75, 3.05) is 0 Å². The van der Waals surface area contributed by atoms with E-state index in [0.717, 1.165) is 10.6 Å². The molecule has 0 spiro atoms. The standard InChI is InChI=1S/C12H14ClNO/c1-9(14-10(2)15)3-4-11-5-7-12(13)8-6-11/h3-9H,1-2H3,(H,14,15)/b4-3+. The van der Waals surface area contributed by atoms with E-state index in [9.17, 15) is 4.79 Å². The fourth-order valence-electron chi connectivity index (χ4n) is 1.20. The van der Waals surface area contributed by atoms with Gasteiger partial charge in [-0.1, -0.05) is 35.9 Å². The van der Waals surface area contributed by atoms with Crippen LogP contribution in [0.4, 0.5) is 0 Å². The molecule has 15 heavy (non-hydrogen) atoms. The van der Waals surface area contributed by atoms with Gasteiger partial charge in [0.1, 0.15) is 0 Å². The largest absolute Gasteiger partial charge is 0.350 e. The van der Waals surface area contributed by atoms with Crippen molar-refractivity contribution in [3.63, 3.8) is 0 Å². The van der Waals surface area contributed by atoms with Gasteiger partial charge in [0.25, 0.3) is 0 Å². The summed E-state index contributed by atoms with van der Waals surface area (Å²) in [6, 6.07) is 7.57. The minimum atomic E-state index is -0.0248. The highest BCUT2D eigenvalue weighted by Gasteiger charge is 1.97. The smallest absolute Gasteiger partial charge is 0.217 e. The fourth-order valence-corrected chi connectivity index (χ4v) is 1.32. The van der Waals surface area contributed by atoms with E-state index in [1.54, 1.807) is 0 Å². The number of carbonyl (C=O) groups is 1. The molecule has 1 atom stereocenters. The molecule has 0 fully saturated rings. The molecule has 1 rings (SSSR count). The van der Waals surface area contributed by atoms with Gasteiger partial charge in [0.15, 0.2) is 0 Å². The quantitative estimate of drug-likeness (QED) is 0.839. The second-order valence-electron chi connectivity index (χ2n) is 3.40. The van der Waals surface area contributed by atoms with Gasteiger partial charge < -0.3 is 5.32 Å². The molecule has 0 bridgehead atoms. The number of carbonyl (C=O) groups excluding carboxylic acids is 1. The van der Waals surface area contributed by atoms with E-state index >= 15 is 0 Å². The lowest BCUT2D eigenvalue weighted by Crippen LogP contribution is -2.28. The van der Waals surface area contributed by atoms with Gasteiger partial charge in [0.2, 0.25) is 5.91 Å². The van der Waals surface area contributed by atoms with Crippen LogP contribution in [0.3, 0.4) is 0 Å². The minimum Gasteiger partial charge on any atom is -0.350 e. The second kappa shape index (κ2) is 5.56. The van der Waals surface area contributed by atoms with Gasteiger partial charge in [0, 0.05) is 18.0 Å². The Labute approximate surface area is 94.9 Å². The predicted octanol–water partition coefficient (Wildman–Crippen LogP) is 2.88. The van der Waals surface area contributed by atoms with Crippen LogP contribution < -0.4 is 5.32 Å². The van der Waals surface area contributed by atoms with Crippen LogP contribution in [-0.4, -0.2) is 11.9 Å². The Kier molecular flexibility index (Phi) is 4.37. The molecule has 3 heteroatoms. The van der Waals surface area contributed by atoms with E-state index in [2.05, 4.69) is 5.32 Å². The van der Waals surface area contributed by atoms with Crippen molar-refractivity contribution in [2.24, 2.45) is 0 Å². The van der Waals surface area contributed by atoms with Gasteiger partial charge in [-0.3, -0.25) is 4.79 Å². The molecule has 0 saturated heterocycles. The summed E-state index contributed by atoms with van der Waals surface area (Å²) < 4.78 is 0. The van der Waals surface area contributed by atoms with Crippen molar-refractivity contribution < 1.29 is 4.79 Å². The Balaban J connectivity index is 2.57. The first-order valence-corrected chi connectivity index (χ1v) is 5.16. The summed E-state index contributed by atoms with van der Waals surface area (Å²) in [5, 5.41) is 3.50. The minimum absolute atomic E-state index is 0.0248. The van der Waals surface area contributed by atoms with Crippen LogP contribution in [0.5, 0.6) is 0 Å². The zero-order valence-corrected chi connectivity index (χ0v) is 9.58. The lowest BCUT2D eigenvalue weighted by molar-refractivity contribution is -0.119. The first kappa shape index (κ1) is 11.8. The van der Waals surface area contributed by atoms with Crippen LogP contribution in [0.2, 0.25) is 5.02 Å². The van der Waals surface area contributed by atoms with Crippen molar-refractivity contribution in [1.82, 2.24) is 5.32 Å². The molecule has 0 aliphatic rings. The topological polar surface area (TPSA) is 29.1 Å². The summed E-state index contributed by atoms with van der Waals surface area (Å²) >= 11 is 5.76. The van der Waals surface area contributed by atoms with E-state index in [1.807, 2.05) is 43.3 Å².